The topological polar surface area (TPSA) is 63.6 Å². The third kappa shape index (κ3) is 3.69. The van der Waals surface area contributed by atoms with E-state index in [4.69, 9.17) is 5.84 Å². The van der Waals surface area contributed by atoms with Crippen LogP contribution in [-0.2, 0) is 6.54 Å². The predicted molar refractivity (Wildman–Crippen MR) is 66.0 cm³/mol. The van der Waals surface area contributed by atoms with Crippen LogP contribution in [0.25, 0.3) is 0 Å². The van der Waals surface area contributed by atoms with Crippen molar-refractivity contribution in [2.24, 2.45) is 15.9 Å². The van der Waals surface area contributed by atoms with Gasteiger partial charge < -0.3 is 5.84 Å². The molecule has 0 aliphatic carbocycles. The highest BCUT2D eigenvalue weighted by Gasteiger charge is 2.01. The quantitative estimate of drug-likeness (QED) is 0.399. The Hall–Kier alpha value is -1.30. The van der Waals surface area contributed by atoms with Crippen LogP contribution in [0.5, 0.6) is 0 Å². The first-order chi connectivity index (χ1) is 7.67. The van der Waals surface area contributed by atoms with Crippen LogP contribution in [0.4, 0.5) is 4.39 Å². The first-order valence-electron chi connectivity index (χ1n) is 4.73. The number of rotatable bonds is 4. The molecule has 0 saturated heterocycles. The number of nitrogens with two attached hydrogens (primary N) is 1. The van der Waals surface area contributed by atoms with E-state index in [1.165, 1.54) is 6.07 Å². The summed E-state index contributed by atoms with van der Waals surface area (Å²) in [6.45, 7) is 2.27. The Labute approximate surface area is 102 Å². The van der Waals surface area contributed by atoms with Gasteiger partial charge in [-0.15, -0.1) is 0 Å². The van der Waals surface area contributed by atoms with Crippen molar-refractivity contribution in [1.29, 1.82) is 0 Å². The molecule has 2 N–H and O–H groups in total. The van der Waals surface area contributed by atoms with Gasteiger partial charge in [-0.05, 0) is 28.4 Å². The molecular formula is C10H12BrFN4. The molecule has 0 atom stereocenters. The maximum absolute atomic E-state index is 12.9. The van der Waals surface area contributed by atoms with Gasteiger partial charge in [0.1, 0.15) is 10.4 Å². The van der Waals surface area contributed by atoms with Crippen molar-refractivity contribution < 1.29 is 4.39 Å². The Kier molecular flexibility index (Phi) is 5.04. The number of aliphatic imine (C=N–C) groups is 1. The molecule has 0 aliphatic rings. The molecule has 0 bridgehead atoms. The van der Waals surface area contributed by atoms with Gasteiger partial charge in [0.25, 0.3) is 0 Å². The summed E-state index contributed by atoms with van der Waals surface area (Å²) < 4.78 is 13.5. The summed E-state index contributed by atoms with van der Waals surface area (Å²) in [5, 5.41) is 3.54. The van der Waals surface area contributed by atoms with E-state index >= 15 is 0 Å². The second-order valence-corrected chi connectivity index (χ2v) is 3.80. The molecule has 1 rings (SSSR count). The minimum Gasteiger partial charge on any atom is -0.323 e. The summed E-state index contributed by atoms with van der Waals surface area (Å²) in [7, 11) is 0. The Morgan fingerprint density at radius 3 is 3.06 bits per heavy atom. The average molecular weight is 287 g/mol. The molecule has 0 fully saturated rings. The molecule has 1 heterocycles. The number of hydrogen-bond acceptors (Lipinski definition) is 4. The maximum atomic E-state index is 12.9. The summed E-state index contributed by atoms with van der Waals surface area (Å²) in [4.78, 5) is 7.94. The lowest BCUT2D eigenvalue weighted by Crippen LogP contribution is -2.02. The van der Waals surface area contributed by atoms with E-state index in [9.17, 15) is 4.39 Å². The number of hydrogen-bond donors (Lipinski definition) is 1. The van der Waals surface area contributed by atoms with E-state index in [0.717, 1.165) is 6.20 Å². The molecular weight excluding hydrogens is 275 g/mol. The first kappa shape index (κ1) is 12.8. The monoisotopic (exact) mass is 286 g/mol. The summed E-state index contributed by atoms with van der Waals surface area (Å²) in [5.41, 5.74) is 1.38. The van der Waals surface area contributed by atoms with Gasteiger partial charge in [-0.25, -0.2) is 9.37 Å². The highest BCUT2D eigenvalue weighted by Crippen LogP contribution is 2.15. The van der Waals surface area contributed by atoms with E-state index in [1.54, 1.807) is 6.21 Å². The van der Waals surface area contributed by atoms with Crippen LogP contribution in [0.3, 0.4) is 0 Å². The van der Waals surface area contributed by atoms with Crippen molar-refractivity contribution in [3.63, 3.8) is 0 Å². The zero-order valence-corrected chi connectivity index (χ0v) is 10.4. The second kappa shape index (κ2) is 6.32. The van der Waals surface area contributed by atoms with Crippen LogP contribution < -0.4 is 5.84 Å². The number of pyridine rings is 1. The number of nitrogens with zero attached hydrogens (tertiary/aromatic N) is 3. The summed E-state index contributed by atoms with van der Waals surface area (Å²) in [5.74, 6) is 4.75. The molecule has 0 unspecified atom stereocenters. The molecule has 6 heteroatoms. The zero-order valence-electron chi connectivity index (χ0n) is 8.82. The SMILES string of the molecule is CCC(C=NCc1cc(F)cnc1Br)=NN. The molecule has 0 aromatic carbocycles. The van der Waals surface area contributed by atoms with E-state index in [-0.39, 0.29) is 5.82 Å². The first-order valence-corrected chi connectivity index (χ1v) is 5.53. The molecule has 0 saturated carbocycles. The normalized spacial score (nSPS) is 12.3. The second-order valence-electron chi connectivity index (χ2n) is 3.05. The summed E-state index contributed by atoms with van der Waals surface area (Å²) in [6.07, 6.45) is 3.44. The number of halogens is 2. The minimum atomic E-state index is -0.378. The Balaban J connectivity index is 2.71. The van der Waals surface area contributed by atoms with E-state index in [1.807, 2.05) is 6.92 Å². The maximum Gasteiger partial charge on any atom is 0.141 e. The van der Waals surface area contributed by atoms with Crippen molar-refractivity contribution >= 4 is 27.9 Å². The molecule has 16 heavy (non-hydrogen) atoms. The van der Waals surface area contributed by atoms with Gasteiger partial charge in [0.2, 0.25) is 0 Å². The third-order valence-corrected chi connectivity index (χ3v) is 2.62. The van der Waals surface area contributed by atoms with E-state index in [0.29, 0.717) is 28.8 Å². The molecule has 0 amide bonds. The lowest BCUT2D eigenvalue weighted by Gasteiger charge is -1.99. The van der Waals surface area contributed by atoms with Gasteiger partial charge in [-0.3, -0.25) is 4.99 Å². The van der Waals surface area contributed by atoms with Crippen LogP contribution in [-0.4, -0.2) is 16.9 Å². The molecule has 1 aromatic rings. The van der Waals surface area contributed by atoms with Gasteiger partial charge in [-0.2, -0.15) is 5.10 Å². The molecule has 0 spiro atoms. The summed E-state index contributed by atoms with van der Waals surface area (Å²) in [6, 6.07) is 1.39. The molecule has 0 aliphatic heterocycles. The van der Waals surface area contributed by atoms with Crippen molar-refractivity contribution in [2.75, 3.05) is 0 Å². The van der Waals surface area contributed by atoms with E-state index < -0.39 is 0 Å². The average Bonchev–Trinajstić information content (AvgIpc) is 2.29. The van der Waals surface area contributed by atoms with Gasteiger partial charge in [0.05, 0.1) is 18.5 Å². The predicted octanol–water partition coefficient (Wildman–Crippen LogP) is 2.28. The van der Waals surface area contributed by atoms with Crippen molar-refractivity contribution in [3.05, 3.63) is 28.2 Å². The molecule has 0 radical (unpaired) electrons. The molecule has 4 nitrogen and oxygen atoms in total. The number of hydrazone groups is 1. The van der Waals surface area contributed by atoms with Crippen molar-refractivity contribution in [1.82, 2.24) is 4.98 Å². The highest BCUT2D eigenvalue weighted by molar-refractivity contribution is 9.10. The minimum absolute atomic E-state index is 0.338. The van der Waals surface area contributed by atoms with Crippen LogP contribution in [0.1, 0.15) is 18.9 Å². The third-order valence-electron chi connectivity index (χ3n) is 1.91. The van der Waals surface area contributed by atoms with Crippen LogP contribution in [0, 0.1) is 5.82 Å². The highest BCUT2D eigenvalue weighted by atomic mass is 79.9. The zero-order chi connectivity index (χ0) is 12.0. The van der Waals surface area contributed by atoms with Crippen LogP contribution in [0.2, 0.25) is 0 Å². The Morgan fingerprint density at radius 1 is 1.69 bits per heavy atom. The standard InChI is InChI=1S/C10H12BrFN4/c1-2-9(16-13)6-14-4-7-3-8(12)5-15-10(7)11/h3,5-6H,2,4,13H2,1H3. The molecule has 1 aromatic heterocycles. The van der Waals surface area contributed by atoms with Crippen molar-refractivity contribution in [2.45, 2.75) is 19.9 Å². The Bertz CT molecular complexity index is 417. The smallest absolute Gasteiger partial charge is 0.141 e. The lowest BCUT2D eigenvalue weighted by molar-refractivity contribution is 0.617. The fourth-order valence-electron chi connectivity index (χ4n) is 1.04. The Morgan fingerprint density at radius 2 is 2.44 bits per heavy atom. The fraction of sp³-hybridized carbons (Fsp3) is 0.300. The lowest BCUT2D eigenvalue weighted by atomic mass is 10.3. The van der Waals surface area contributed by atoms with Gasteiger partial charge in [-0.1, -0.05) is 6.92 Å². The van der Waals surface area contributed by atoms with Crippen LogP contribution in [0.15, 0.2) is 27.0 Å². The number of aromatic nitrogens is 1. The van der Waals surface area contributed by atoms with Crippen molar-refractivity contribution in [3.8, 4) is 0 Å². The van der Waals surface area contributed by atoms with Gasteiger partial charge in [0.15, 0.2) is 0 Å². The summed E-state index contributed by atoms with van der Waals surface area (Å²) >= 11 is 3.23. The van der Waals surface area contributed by atoms with Crippen LogP contribution >= 0.6 is 15.9 Å². The van der Waals surface area contributed by atoms with E-state index in [2.05, 4.69) is 31.0 Å². The van der Waals surface area contributed by atoms with Gasteiger partial charge >= 0.3 is 0 Å². The molecule has 86 valence electrons. The van der Waals surface area contributed by atoms with Gasteiger partial charge in [0, 0.05) is 11.8 Å². The largest absolute Gasteiger partial charge is 0.323 e. The fourth-order valence-corrected chi connectivity index (χ4v) is 1.38.